The molecule has 0 bridgehead atoms. The van der Waals surface area contributed by atoms with Gasteiger partial charge in [-0.25, -0.2) is 8.78 Å². The number of rotatable bonds is 4. The Kier molecular flexibility index (Phi) is 7.10. The first-order valence-corrected chi connectivity index (χ1v) is 7.60. The third kappa shape index (κ3) is 5.14. The monoisotopic (exact) mass is 361 g/mol. The second-order valence-corrected chi connectivity index (χ2v) is 6.08. The van der Waals surface area contributed by atoms with Crippen LogP contribution in [-0.2, 0) is 9.59 Å². The number of likely N-dealkylation sites (N-methyl/N-ethyl adjacent to an activating group) is 1. The maximum atomic E-state index is 13.1. The third-order valence-corrected chi connectivity index (χ3v) is 4.05. The molecule has 1 aliphatic rings. The molecule has 1 aliphatic carbocycles. The van der Waals surface area contributed by atoms with Crippen LogP contribution in [0.5, 0.6) is 0 Å². The smallest absolute Gasteiger partial charge is 0.243 e. The summed E-state index contributed by atoms with van der Waals surface area (Å²) in [6.45, 7) is -0.226. The number of anilines is 1. The van der Waals surface area contributed by atoms with Crippen LogP contribution in [-0.4, -0.2) is 35.8 Å². The predicted octanol–water partition coefficient (Wildman–Crippen LogP) is 2.45. The summed E-state index contributed by atoms with van der Waals surface area (Å²) in [6.07, 6.45) is 4.05. The molecule has 0 radical (unpaired) electrons. The molecule has 5 nitrogen and oxygen atoms in total. The molecule has 1 fully saturated rings. The van der Waals surface area contributed by atoms with Gasteiger partial charge in [-0.05, 0) is 25.0 Å². The normalized spacial score (nSPS) is 16.0. The van der Waals surface area contributed by atoms with Gasteiger partial charge in [-0.3, -0.25) is 9.59 Å². The number of carbonyl (C=O) groups is 2. The zero-order valence-electron chi connectivity index (χ0n) is 13.5. The third-order valence-electron chi connectivity index (χ3n) is 4.05. The van der Waals surface area contributed by atoms with E-state index in [0.29, 0.717) is 18.9 Å². The van der Waals surface area contributed by atoms with Gasteiger partial charge < -0.3 is 16.0 Å². The number of nitrogens with zero attached hydrogens (tertiary/aromatic N) is 1. The van der Waals surface area contributed by atoms with E-state index in [4.69, 9.17) is 5.73 Å². The van der Waals surface area contributed by atoms with E-state index in [2.05, 4.69) is 5.32 Å². The van der Waals surface area contributed by atoms with E-state index < -0.39 is 23.1 Å². The van der Waals surface area contributed by atoms with Gasteiger partial charge in [0.1, 0.15) is 11.6 Å². The van der Waals surface area contributed by atoms with Crippen molar-refractivity contribution < 1.29 is 18.4 Å². The lowest BCUT2D eigenvalue weighted by atomic mass is 9.81. The Balaban J connectivity index is 0.00000288. The highest BCUT2D eigenvalue weighted by Crippen LogP contribution is 2.27. The molecular weight excluding hydrogens is 340 g/mol. The summed E-state index contributed by atoms with van der Waals surface area (Å²) in [7, 11) is 1.50. The van der Waals surface area contributed by atoms with Crippen LogP contribution in [0.3, 0.4) is 0 Å². The minimum absolute atomic E-state index is 0. The number of hydrogen-bond acceptors (Lipinski definition) is 3. The average Bonchev–Trinajstić information content (AvgIpc) is 2.45. The van der Waals surface area contributed by atoms with Gasteiger partial charge in [0.05, 0.1) is 12.1 Å². The molecule has 1 aromatic carbocycles. The highest BCUT2D eigenvalue weighted by Gasteiger charge is 2.37. The highest BCUT2D eigenvalue weighted by molar-refractivity contribution is 5.96. The minimum atomic E-state index is -0.918. The molecule has 8 heteroatoms. The summed E-state index contributed by atoms with van der Waals surface area (Å²) in [5.74, 6) is -2.39. The Morgan fingerprint density at radius 2 is 1.71 bits per heavy atom. The Hall–Kier alpha value is -1.73. The zero-order chi connectivity index (χ0) is 17.0. The summed E-state index contributed by atoms with van der Waals surface area (Å²) in [5, 5.41) is 2.37. The highest BCUT2D eigenvalue weighted by atomic mass is 35.5. The molecule has 3 N–H and O–H groups in total. The number of hydrogen-bond donors (Lipinski definition) is 2. The number of nitrogens with one attached hydrogen (secondary N) is 1. The van der Waals surface area contributed by atoms with Crippen molar-refractivity contribution in [2.45, 2.75) is 37.6 Å². The molecule has 0 aliphatic heterocycles. The van der Waals surface area contributed by atoms with Crippen LogP contribution >= 0.6 is 12.4 Å². The molecule has 0 heterocycles. The molecule has 0 saturated heterocycles. The molecule has 134 valence electrons. The number of halogens is 3. The first-order chi connectivity index (χ1) is 10.8. The number of amides is 2. The van der Waals surface area contributed by atoms with E-state index in [1.165, 1.54) is 11.9 Å². The van der Waals surface area contributed by atoms with Gasteiger partial charge in [0.25, 0.3) is 0 Å². The molecule has 0 spiro atoms. The average molecular weight is 362 g/mol. The second-order valence-electron chi connectivity index (χ2n) is 6.08. The van der Waals surface area contributed by atoms with Crippen molar-refractivity contribution in [3.05, 3.63) is 29.8 Å². The fraction of sp³-hybridized carbons (Fsp3) is 0.500. The second kappa shape index (κ2) is 8.39. The zero-order valence-corrected chi connectivity index (χ0v) is 14.3. The molecule has 1 aromatic rings. The minimum Gasteiger partial charge on any atom is -0.335 e. The van der Waals surface area contributed by atoms with Crippen LogP contribution < -0.4 is 11.1 Å². The van der Waals surface area contributed by atoms with E-state index in [1.54, 1.807) is 0 Å². The Bertz CT molecular complexity index is 587. The van der Waals surface area contributed by atoms with Gasteiger partial charge in [0.15, 0.2) is 0 Å². The van der Waals surface area contributed by atoms with E-state index >= 15 is 0 Å². The lowest BCUT2D eigenvalue weighted by molar-refractivity contribution is -0.139. The standard InChI is InChI=1S/C16H21F2N3O2.ClH/c1-21(15(23)16(19)5-3-2-4-6-16)10-14(22)20-13-8-11(17)7-12(18)9-13;/h7-9H,2-6,10,19H2,1H3,(H,20,22);1H. The maximum absolute atomic E-state index is 13.1. The predicted molar refractivity (Wildman–Crippen MR) is 89.9 cm³/mol. The van der Waals surface area contributed by atoms with Crippen molar-refractivity contribution >= 4 is 29.9 Å². The topological polar surface area (TPSA) is 75.4 Å². The molecular formula is C16H22ClF2N3O2. The molecule has 1 saturated carbocycles. The summed E-state index contributed by atoms with van der Waals surface area (Å²) < 4.78 is 26.2. The molecule has 0 unspecified atom stereocenters. The van der Waals surface area contributed by atoms with Crippen LogP contribution in [0.1, 0.15) is 32.1 Å². The van der Waals surface area contributed by atoms with Crippen LogP contribution in [0.25, 0.3) is 0 Å². The van der Waals surface area contributed by atoms with Gasteiger partial charge in [0.2, 0.25) is 11.8 Å². The van der Waals surface area contributed by atoms with E-state index in [9.17, 15) is 18.4 Å². The van der Waals surface area contributed by atoms with Gasteiger partial charge in [-0.15, -0.1) is 12.4 Å². The van der Waals surface area contributed by atoms with Crippen LogP contribution in [0.2, 0.25) is 0 Å². The van der Waals surface area contributed by atoms with Crippen molar-refractivity contribution in [2.75, 3.05) is 18.9 Å². The summed E-state index contributed by atoms with van der Waals surface area (Å²) in [4.78, 5) is 25.6. The largest absolute Gasteiger partial charge is 0.335 e. The number of benzene rings is 1. The van der Waals surface area contributed by atoms with Crippen molar-refractivity contribution in [3.63, 3.8) is 0 Å². The Morgan fingerprint density at radius 1 is 1.17 bits per heavy atom. The molecule has 2 rings (SSSR count). The maximum Gasteiger partial charge on any atom is 0.243 e. The lowest BCUT2D eigenvalue weighted by Crippen LogP contribution is -2.56. The molecule has 0 atom stereocenters. The first kappa shape index (κ1) is 20.3. The van der Waals surface area contributed by atoms with E-state index in [0.717, 1.165) is 31.4 Å². The summed E-state index contributed by atoms with van der Waals surface area (Å²) in [6, 6.07) is 2.73. The van der Waals surface area contributed by atoms with Crippen LogP contribution in [0.4, 0.5) is 14.5 Å². The van der Waals surface area contributed by atoms with Gasteiger partial charge in [-0.2, -0.15) is 0 Å². The van der Waals surface area contributed by atoms with Gasteiger partial charge in [-0.1, -0.05) is 19.3 Å². The summed E-state index contributed by atoms with van der Waals surface area (Å²) in [5.41, 5.74) is 5.24. The number of carbonyl (C=O) groups excluding carboxylic acids is 2. The summed E-state index contributed by atoms with van der Waals surface area (Å²) >= 11 is 0. The molecule has 0 aromatic heterocycles. The van der Waals surface area contributed by atoms with Crippen LogP contribution in [0.15, 0.2) is 18.2 Å². The van der Waals surface area contributed by atoms with Gasteiger partial charge >= 0.3 is 0 Å². The fourth-order valence-electron chi connectivity index (χ4n) is 2.89. The van der Waals surface area contributed by atoms with Crippen LogP contribution in [0, 0.1) is 11.6 Å². The van der Waals surface area contributed by atoms with Gasteiger partial charge in [0, 0.05) is 18.8 Å². The van der Waals surface area contributed by atoms with Crippen molar-refractivity contribution in [3.8, 4) is 0 Å². The number of nitrogens with two attached hydrogens (primary N) is 1. The Morgan fingerprint density at radius 3 is 2.25 bits per heavy atom. The lowest BCUT2D eigenvalue weighted by Gasteiger charge is -2.35. The quantitative estimate of drug-likeness (QED) is 0.865. The van der Waals surface area contributed by atoms with Crippen molar-refractivity contribution in [2.24, 2.45) is 5.73 Å². The first-order valence-electron chi connectivity index (χ1n) is 7.60. The van der Waals surface area contributed by atoms with Crippen molar-refractivity contribution in [1.29, 1.82) is 0 Å². The van der Waals surface area contributed by atoms with E-state index in [-0.39, 0.29) is 30.5 Å². The van der Waals surface area contributed by atoms with E-state index in [1.807, 2.05) is 0 Å². The molecule has 2 amide bonds. The molecule has 24 heavy (non-hydrogen) atoms. The van der Waals surface area contributed by atoms with Crippen molar-refractivity contribution in [1.82, 2.24) is 4.90 Å². The Labute approximate surface area is 146 Å². The SMILES string of the molecule is CN(CC(=O)Nc1cc(F)cc(F)c1)C(=O)C1(N)CCCCC1.Cl. The fourth-order valence-corrected chi connectivity index (χ4v) is 2.89.